The van der Waals surface area contributed by atoms with Gasteiger partial charge in [-0.15, -0.1) is 0 Å². The van der Waals surface area contributed by atoms with E-state index in [1.807, 2.05) is 0 Å². The minimum absolute atomic E-state index is 0.0288. The van der Waals surface area contributed by atoms with Crippen molar-refractivity contribution in [1.29, 1.82) is 0 Å². The van der Waals surface area contributed by atoms with E-state index in [1.54, 1.807) is 12.1 Å². The van der Waals surface area contributed by atoms with Gasteiger partial charge < -0.3 is 20.1 Å². The van der Waals surface area contributed by atoms with E-state index in [0.717, 1.165) is 51.1 Å². The van der Waals surface area contributed by atoms with E-state index in [2.05, 4.69) is 27.0 Å². The Bertz CT molecular complexity index is 442. The molecule has 104 valence electrons. The molecule has 2 rings (SSSR count). The molecule has 1 aliphatic rings. The first-order valence-electron chi connectivity index (χ1n) is 6.46. The van der Waals surface area contributed by atoms with Gasteiger partial charge in [0.2, 0.25) is 0 Å². The van der Waals surface area contributed by atoms with E-state index < -0.39 is 0 Å². The normalized spacial score (nSPS) is 18.2. The molecule has 6 nitrogen and oxygen atoms in total. The summed E-state index contributed by atoms with van der Waals surface area (Å²) in [5.74, 6) is 0.0288. The van der Waals surface area contributed by atoms with E-state index in [1.165, 1.54) is 0 Å². The molecule has 0 amide bonds. The number of hydrogen-bond acceptors (Lipinski definition) is 6. The molecule has 0 aliphatic carbocycles. The maximum absolute atomic E-state index is 9.53. The molecule has 1 aliphatic heterocycles. The van der Waals surface area contributed by atoms with Crippen molar-refractivity contribution in [2.75, 3.05) is 39.8 Å². The summed E-state index contributed by atoms with van der Waals surface area (Å²) in [6.07, 6.45) is 1.98. The number of oxime groups is 1. The summed E-state index contributed by atoms with van der Waals surface area (Å²) < 4.78 is 0. The quantitative estimate of drug-likeness (QED) is 0.467. The Morgan fingerprint density at radius 1 is 1.32 bits per heavy atom. The van der Waals surface area contributed by atoms with Crippen LogP contribution in [0.15, 0.2) is 17.3 Å². The van der Waals surface area contributed by atoms with Crippen LogP contribution < -0.4 is 0 Å². The van der Waals surface area contributed by atoms with Crippen molar-refractivity contribution in [2.45, 2.75) is 6.42 Å². The Morgan fingerprint density at radius 3 is 2.74 bits per heavy atom. The molecule has 0 spiro atoms. The second-order valence-electron chi connectivity index (χ2n) is 4.85. The molecule has 0 saturated carbocycles. The first-order valence-corrected chi connectivity index (χ1v) is 6.46. The average Bonchev–Trinajstić information content (AvgIpc) is 2.42. The first kappa shape index (κ1) is 13.8. The van der Waals surface area contributed by atoms with Crippen LogP contribution in [-0.2, 0) is 6.42 Å². The molecule has 1 fully saturated rings. The molecule has 0 bridgehead atoms. The Kier molecular flexibility index (Phi) is 4.70. The van der Waals surface area contributed by atoms with Gasteiger partial charge in [0.05, 0.1) is 6.21 Å². The third kappa shape index (κ3) is 3.90. The van der Waals surface area contributed by atoms with E-state index in [9.17, 15) is 5.11 Å². The number of aromatic nitrogens is 1. The molecule has 2 heterocycles. The smallest absolute Gasteiger partial charge is 0.142 e. The van der Waals surface area contributed by atoms with Crippen LogP contribution in [-0.4, -0.2) is 71.1 Å². The zero-order valence-corrected chi connectivity index (χ0v) is 11.2. The lowest BCUT2D eigenvalue weighted by atomic mass is 10.2. The summed E-state index contributed by atoms with van der Waals surface area (Å²) >= 11 is 0. The van der Waals surface area contributed by atoms with Crippen molar-refractivity contribution in [3.8, 4) is 5.75 Å². The van der Waals surface area contributed by atoms with Crippen LogP contribution in [0, 0.1) is 0 Å². The SMILES string of the molecule is CN1CCN(CCc2ccc(O)c(/C=N/O)n2)CC1. The third-order valence-corrected chi connectivity index (χ3v) is 3.42. The molecule has 0 atom stereocenters. The van der Waals surface area contributed by atoms with Gasteiger partial charge in [-0.25, -0.2) is 4.98 Å². The zero-order valence-electron chi connectivity index (χ0n) is 11.2. The molecule has 0 aromatic carbocycles. The van der Waals surface area contributed by atoms with Gasteiger partial charge in [0.15, 0.2) is 0 Å². The van der Waals surface area contributed by atoms with Gasteiger partial charge in [-0.2, -0.15) is 0 Å². The molecular weight excluding hydrogens is 244 g/mol. The van der Waals surface area contributed by atoms with Crippen LogP contribution in [0.25, 0.3) is 0 Å². The van der Waals surface area contributed by atoms with Crippen molar-refractivity contribution < 1.29 is 10.3 Å². The van der Waals surface area contributed by atoms with E-state index >= 15 is 0 Å². The minimum atomic E-state index is 0.0288. The van der Waals surface area contributed by atoms with Gasteiger partial charge in [-0.05, 0) is 19.2 Å². The lowest BCUT2D eigenvalue weighted by Crippen LogP contribution is -2.45. The highest BCUT2D eigenvalue weighted by molar-refractivity contribution is 5.80. The number of hydrogen-bond donors (Lipinski definition) is 2. The highest BCUT2D eigenvalue weighted by Crippen LogP contribution is 2.13. The molecule has 0 radical (unpaired) electrons. The van der Waals surface area contributed by atoms with Gasteiger partial charge in [0.25, 0.3) is 0 Å². The maximum Gasteiger partial charge on any atom is 0.142 e. The Morgan fingerprint density at radius 2 is 2.05 bits per heavy atom. The van der Waals surface area contributed by atoms with Crippen molar-refractivity contribution in [2.24, 2.45) is 5.16 Å². The van der Waals surface area contributed by atoms with E-state index in [0.29, 0.717) is 5.69 Å². The molecule has 6 heteroatoms. The number of likely N-dealkylation sites (N-methyl/N-ethyl adjacent to an activating group) is 1. The van der Waals surface area contributed by atoms with E-state index in [4.69, 9.17) is 5.21 Å². The molecule has 19 heavy (non-hydrogen) atoms. The van der Waals surface area contributed by atoms with Crippen LogP contribution >= 0.6 is 0 Å². The second-order valence-corrected chi connectivity index (χ2v) is 4.85. The first-order chi connectivity index (χ1) is 9.19. The average molecular weight is 264 g/mol. The van der Waals surface area contributed by atoms with Crippen LogP contribution in [0.2, 0.25) is 0 Å². The summed E-state index contributed by atoms with van der Waals surface area (Å²) in [6.45, 7) is 5.33. The highest BCUT2D eigenvalue weighted by atomic mass is 16.4. The number of rotatable bonds is 4. The number of nitrogens with zero attached hydrogens (tertiary/aromatic N) is 4. The highest BCUT2D eigenvalue weighted by Gasteiger charge is 2.13. The standard InChI is InChI=1S/C13H20N4O2/c1-16-6-8-17(9-7-16)5-4-11-2-3-13(18)12(15-11)10-14-19/h2-3,10,18-19H,4-9H2,1H3/b14-10+. The Hall–Kier alpha value is -1.66. The molecule has 1 aromatic heterocycles. The summed E-state index contributed by atoms with van der Waals surface area (Å²) in [6, 6.07) is 3.39. The van der Waals surface area contributed by atoms with Gasteiger partial charge in [0.1, 0.15) is 11.4 Å². The zero-order chi connectivity index (χ0) is 13.7. The molecular formula is C13H20N4O2. The fraction of sp³-hybridized carbons (Fsp3) is 0.538. The summed E-state index contributed by atoms with van der Waals surface area (Å²) in [5.41, 5.74) is 1.20. The third-order valence-electron chi connectivity index (χ3n) is 3.42. The van der Waals surface area contributed by atoms with Gasteiger partial charge in [0, 0.05) is 44.8 Å². The van der Waals surface area contributed by atoms with Gasteiger partial charge in [-0.1, -0.05) is 5.16 Å². The Labute approximate surface area is 113 Å². The maximum atomic E-state index is 9.53. The lowest BCUT2D eigenvalue weighted by molar-refractivity contribution is 0.155. The Balaban J connectivity index is 1.90. The number of aromatic hydroxyl groups is 1. The van der Waals surface area contributed by atoms with Crippen LogP contribution in [0.4, 0.5) is 0 Å². The van der Waals surface area contributed by atoms with Crippen molar-refractivity contribution in [1.82, 2.24) is 14.8 Å². The summed E-state index contributed by atoms with van der Waals surface area (Å²) in [7, 11) is 2.14. The minimum Gasteiger partial charge on any atom is -0.506 e. The number of pyridine rings is 1. The molecule has 0 unspecified atom stereocenters. The number of piperazine rings is 1. The van der Waals surface area contributed by atoms with Crippen molar-refractivity contribution in [3.63, 3.8) is 0 Å². The predicted molar refractivity (Wildman–Crippen MR) is 72.9 cm³/mol. The van der Waals surface area contributed by atoms with Gasteiger partial charge >= 0.3 is 0 Å². The van der Waals surface area contributed by atoms with Crippen LogP contribution in [0.5, 0.6) is 5.75 Å². The fourth-order valence-corrected chi connectivity index (χ4v) is 2.14. The topological polar surface area (TPSA) is 72.2 Å². The van der Waals surface area contributed by atoms with Crippen LogP contribution in [0.3, 0.4) is 0 Å². The van der Waals surface area contributed by atoms with Crippen LogP contribution in [0.1, 0.15) is 11.4 Å². The van der Waals surface area contributed by atoms with Crippen molar-refractivity contribution >= 4 is 6.21 Å². The monoisotopic (exact) mass is 264 g/mol. The molecule has 1 aromatic rings. The van der Waals surface area contributed by atoms with Gasteiger partial charge in [-0.3, -0.25) is 0 Å². The fourth-order valence-electron chi connectivity index (χ4n) is 2.14. The molecule has 1 saturated heterocycles. The van der Waals surface area contributed by atoms with E-state index in [-0.39, 0.29) is 5.75 Å². The second kappa shape index (κ2) is 6.49. The largest absolute Gasteiger partial charge is 0.506 e. The summed E-state index contributed by atoms with van der Waals surface area (Å²) in [4.78, 5) is 9.00. The lowest BCUT2D eigenvalue weighted by Gasteiger charge is -2.32. The molecule has 2 N–H and O–H groups in total. The van der Waals surface area contributed by atoms with Crippen molar-refractivity contribution in [3.05, 3.63) is 23.5 Å². The summed E-state index contributed by atoms with van der Waals surface area (Å²) in [5, 5.41) is 20.9. The predicted octanol–water partition coefficient (Wildman–Crippen LogP) is 0.385.